The van der Waals surface area contributed by atoms with Crippen LogP contribution in [0.2, 0.25) is 0 Å². The average molecular weight is 357 g/mol. The van der Waals surface area contributed by atoms with E-state index in [1.165, 1.54) is 6.20 Å². The summed E-state index contributed by atoms with van der Waals surface area (Å²) in [4.78, 5) is 25.7. The molecule has 1 spiro atoms. The van der Waals surface area contributed by atoms with Gasteiger partial charge in [0.15, 0.2) is 0 Å². The SMILES string of the molecule is Cc1oncc1C(=O)N1CCC2(CC1)OCCc1cnc(N(C)C)nc12. The standard InChI is InChI=1S/C18H23N5O3/c1-12-14(11-20-26-12)16(24)23-7-5-18(6-8-23)15-13(4-9-25-18)10-19-17(21-15)22(2)3/h10-11H,4-9H2,1-3H3. The number of ether oxygens (including phenoxy) is 1. The van der Waals surface area contributed by atoms with E-state index in [2.05, 4.69) is 10.1 Å². The number of carbonyl (C=O) groups excluding carboxylic acids is 1. The van der Waals surface area contributed by atoms with Gasteiger partial charge in [0.2, 0.25) is 5.95 Å². The van der Waals surface area contributed by atoms with Crippen LogP contribution in [0.1, 0.15) is 40.2 Å². The van der Waals surface area contributed by atoms with Gasteiger partial charge in [-0.05, 0) is 31.7 Å². The summed E-state index contributed by atoms with van der Waals surface area (Å²) in [6.45, 7) is 3.65. The maximum atomic E-state index is 12.7. The molecule has 0 aromatic carbocycles. The second-order valence-electron chi connectivity index (χ2n) is 7.12. The molecule has 0 aliphatic carbocycles. The van der Waals surface area contributed by atoms with E-state index >= 15 is 0 Å². The Balaban J connectivity index is 1.57. The van der Waals surface area contributed by atoms with Gasteiger partial charge in [-0.25, -0.2) is 9.97 Å². The van der Waals surface area contributed by atoms with Crippen molar-refractivity contribution in [2.75, 3.05) is 38.7 Å². The molecule has 0 atom stereocenters. The number of amides is 1. The highest BCUT2D eigenvalue weighted by Gasteiger charge is 2.43. The number of hydrogen-bond acceptors (Lipinski definition) is 7. The number of aromatic nitrogens is 3. The number of nitrogens with zero attached hydrogens (tertiary/aromatic N) is 5. The molecule has 4 heterocycles. The van der Waals surface area contributed by atoms with Gasteiger partial charge in [0, 0.05) is 33.4 Å². The minimum Gasteiger partial charge on any atom is -0.368 e. The summed E-state index contributed by atoms with van der Waals surface area (Å²) in [6.07, 6.45) is 5.68. The minimum atomic E-state index is -0.429. The molecule has 2 aromatic heterocycles. The molecular weight excluding hydrogens is 334 g/mol. The van der Waals surface area contributed by atoms with Crippen molar-refractivity contribution in [1.82, 2.24) is 20.0 Å². The number of aryl methyl sites for hydroxylation is 1. The van der Waals surface area contributed by atoms with Crippen LogP contribution < -0.4 is 4.90 Å². The van der Waals surface area contributed by atoms with Crippen LogP contribution in [-0.2, 0) is 16.8 Å². The van der Waals surface area contributed by atoms with Gasteiger partial charge in [-0.1, -0.05) is 5.16 Å². The first-order valence-electron chi connectivity index (χ1n) is 8.88. The number of carbonyl (C=O) groups is 1. The van der Waals surface area contributed by atoms with E-state index in [9.17, 15) is 4.79 Å². The van der Waals surface area contributed by atoms with E-state index < -0.39 is 5.60 Å². The normalized spacial score (nSPS) is 18.7. The first kappa shape index (κ1) is 17.0. The first-order chi connectivity index (χ1) is 12.5. The molecule has 0 N–H and O–H groups in total. The van der Waals surface area contributed by atoms with Crippen molar-refractivity contribution in [3.8, 4) is 0 Å². The molecule has 138 valence electrons. The third-order valence-corrected chi connectivity index (χ3v) is 5.27. The molecular formula is C18H23N5O3. The Morgan fingerprint density at radius 3 is 2.69 bits per heavy atom. The van der Waals surface area contributed by atoms with Crippen LogP contribution in [0.25, 0.3) is 0 Å². The van der Waals surface area contributed by atoms with Crippen molar-refractivity contribution in [1.29, 1.82) is 0 Å². The Bertz CT molecular complexity index is 824. The summed E-state index contributed by atoms with van der Waals surface area (Å²) < 4.78 is 11.3. The van der Waals surface area contributed by atoms with Crippen molar-refractivity contribution in [2.24, 2.45) is 0 Å². The fourth-order valence-electron chi connectivity index (χ4n) is 3.74. The lowest BCUT2D eigenvalue weighted by Crippen LogP contribution is -2.49. The molecule has 4 rings (SSSR count). The molecule has 8 heteroatoms. The van der Waals surface area contributed by atoms with Gasteiger partial charge >= 0.3 is 0 Å². The summed E-state index contributed by atoms with van der Waals surface area (Å²) in [5, 5.41) is 3.71. The Labute approximate surface area is 152 Å². The monoisotopic (exact) mass is 357 g/mol. The number of hydrogen-bond donors (Lipinski definition) is 0. The van der Waals surface area contributed by atoms with Gasteiger partial charge in [0.25, 0.3) is 5.91 Å². The number of rotatable bonds is 2. The summed E-state index contributed by atoms with van der Waals surface area (Å²) in [5.41, 5.74) is 2.23. The second kappa shape index (κ2) is 6.35. The largest absolute Gasteiger partial charge is 0.368 e. The Kier molecular flexibility index (Phi) is 4.14. The smallest absolute Gasteiger partial charge is 0.259 e. The van der Waals surface area contributed by atoms with Gasteiger partial charge < -0.3 is 19.1 Å². The van der Waals surface area contributed by atoms with Crippen LogP contribution in [-0.4, -0.2) is 59.7 Å². The third kappa shape index (κ3) is 2.74. The molecule has 0 radical (unpaired) electrons. The minimum absolute atomic E-state index is 0.0358. The van der Waals surface area contributed by atoms with Gasteiger partial charge in [-0.2, -0.15) is 0 Å². The quantitative estimate of drug-likeness (QED) is 0.806. The van der Waals surface area contributed by atoms with E-state index in [1.807, 2.05) is 30.1 Å². The molecule has 1 amide bonds. The van der Waals surface area contributed by atoms with E-state index in [1.54, 1.807) is 6.92 Å². The lowest BCUT2D eigenvalue weighted by Gasteiger charge is -2.44. The third-order valence-electron chi connectivity index (χ3n) is 5.27. The fraction of sp³-hybridized carbons (Fsp3) is 0.556. The van der Waals surface area contributed by atoms with Gasteiger partial charge in [-0.3, -0.25) is 4.79 Å². The summed E-state index contributed by atoms with van der Waals surface area (Å²) in [5.74, 6) is 1.21. The molecule has 2 aliphatic heterocycles. The van der Waals surface area contributed by atoms with Gasteiger partial charge in [0.05, 0.1) is 18.5 Å². The zero-order chi connectivity index (χ0) is 18.3. The Morgan fingerprint density at radius 1 is 1.27 bits per heavy atom. The topological polar surface area (TPSA) is 84.6 Å². The molecule has 1 saturated heterocycles. The number of anilines is 1. The van der Waals surface area contributed by atoms with E-state index in [0.29, 0.717) is 37.0 Å². The van der Waals surface area contributed by atoms with Crippen LogP contribution in [0.4, 0.5) is 5.95 Å². The number of fused-ring (bicyclic) bond motifs is 2. The van der Waals surface area contributed by atoms with E-state index in [0.717, 1.165) is 30.5 Å². The number of likely N-dealkylation sites (tertiary alicyclic amines) is 1. The van der Waals surface area contributed by atoms with E-state index in [4.69, 9.17) is 14.2 Å². The Hall–Kier alpha value is -2.48. The van der Waals surface area contributed by atoms with Gasteiger partial charge in [-0.15, -0.1) is 0 Å². The van der Waals surface area contributed by atoms with Crippen molar-refractivity contribution in [3.05, 3.63) is 35.0 Å². The summed E-state index contributed by atoms with van der Waals surface area (Å²) >= 11 is 0. The van der Waals surface area contributed by atoms with Crippen LogP contribution in [0.3, 0.4) is 0 Å². The fourth-order valence-corrected chi connectivity index (χ4v) is 3.74. The van der Waals surface area contributed by atoms with Crippen LogP contribution in [0.5, 0.6) is 0 Å². The lowest BCUT2D eigenvalue weighted by atomic mass is 9.83. The molecule has 1 fully saturated rings. The second-order valence-corrected chi connectivity index (χ2v) is 7.12. The summed E-state index contributed by atoms with van der Waals surface area (Å²) in [7, 11) is 3.86. The predicted molar refractivity (Wildman–Crippen MR) is 94.1 cm³/mol. The molecule has 0 saturated carbocycles. The van der Waals surface area contributed by atoms with Crippen LogP contribution >= 0.6 is 0 Å². The van der Waals surface area contributed by atoms with E-state index in [-0.39, 0.29) is 5.91 Å². The predicted octanol–water partition coefficient (Wildman–Crippen LogP) is 1.54. The highest BCUT2D eigenvalue weighted by molar-refractivity contribution is 5.94. The summed E-state index contributed by atoms with van der Waals surface area (Å²) in [6, 6.07) is 0. The highest BCUT2D eigenvalue weighted by atomic mass is 16.5. The zero-order valence-electron chi connectivity index (χ0n) is 15.4. The van der Waals surface area contributed by atoms with Gasteiger partial charge in [0.1, 0.15) is 16.9 Å². The van der Waals surface area contributed by atoms with Crippen LogP contribution in [0.15, 0.2) is 16.9 Å². The molecule has 2 aromatic rings. The van der Waals surface area contributed by atoms with Crippen molar-refractivity contribution < 1.29 is 14.1 Å². The molecule has 2 aliphatic rings. The molecule has 0 unspecified atom stereocenters. The van der Waals surface area contributed by atoms with Crippen molar-refractivity contribution in [3.63, 3.8) is 0 Å². The number of piperidine rings is 1. The molecule has 26 heavy (non-hydrogen) atoms. The van der Waals surface area contributed by atoms with Crippen LogP contribution in [0, 0.1) is 6.92 Å². The maximum Gasteiger partial charge on any atom is 0.259 e. The maximum absolute atomic E-state index is 12.7. The first-order valence-corrected chi connectivity index (χ1v) is 8.88. The average Bonchev–Trinajstić information content (AvgIpc) is 3.08. The molecule has 0 bridgehead atoms. The highest BCUT2D eigenvalue weighted by Crippen LogP contribution is 2.41. The molecule has 8 nitrogen and oxygen atoms in total. The zero-order valence-corrected chi connectivity index (χ0v) is 15.4. The Morgan fingerprint density at radius 2 is 2.04 bits per heavy atom. The van der Waals surface area contributed by atoms with Crippen molar-refractivity contribution >= 4 is 11.9 Å². The lowest BCUT2D eigenvalue weighted by molar-refractivity contribution is -0.0967. The van der Waals surface area contributed by atoms with Crippen molar-refractivity contribution in [2.45, 2.75) is 31.8 Å².